The number of ether oxygens (including phenoxy) is 2. The van der Waals surface area contributed by atoms with Gasteiger partial charge in [-0.15, -0.1) is 6.42 Å². The van der Waals surface area contributed by atoms with Crippen LogP contribution < -0.4 is 4.90 Å². The van der Waals surface area contributed by atoms with Gasteiger partial charge in [-0.1, -0.05) is 0 Å². The maximum atomic E-state index is 12.1. The summed E-state index contributed by atoms with van der Waals surface area (Å²) in [5.74, 6) is 4.00. The monoisotopic (exact) mass is 398 g/mol. The van der Waals surface area contributed by atoms with Crippen molar-refractivity contribution in [1.29, 1.82) is 0 Å². The van der Waals surface area contributed by atoms with Gasteiger partial charge in [0.05, 0.1) is 24.8 Å². The molecule has 9 nitrogen and oxygen atoms in total. The zero-order chi connectivity index (χ0) is 20.6. The van der Waals surface area contributed by atoms with Gasteiger partial charge in [-0.2, -0.15) is 5.10 Å². The Morgan fingerprint density at radius 3 is 2.69 bits per heavy atom. The Hall–Kier alpha value is -2.86. The van der Waals surface area contributed by atoms with E-state index in [2.05, 4.69) is 25.9 Å². The topological polar surface area (TPSA) is 85.6 Å². The van der Waals surface area contributed by atoms with Gasteiger partial charge in [-0.3, -0.25) is 0 Å². The molecule has 0 unspecified atom stereocenters. The van der Waals surface area contributed by atoms with Crippen molar-refractivity contribution >= 4 is 22.9 Å². The Morgan fingerprint density at radius 1 is 1.31 bits per heavy atom. The number of aromatic nitrogens is 4. The molecule has 9 heteroatoms. The molecule has 2 aromatic heterocycles. The van der Waals surface area contributed by atoms with Crippen LogP contribution in [0.3, 0.4) is 0 Å². The first-order valence-electron chi connectivity index (χ1n) is 9.85. The van der Waals surface area contributed by atoms with Crippen molar-refractivity contribution < 1.29 is 14.3 Å². The number of terminal acetylenes is 1. The largest absolute Gasteiger partial charge is 0.444 e. The highest BCUT2D eigenvalue weighted by Gasteiger charge is 2.34. The number of anilines is 1. The second kappa shape index (κ2) is 7.52. The minimum Gasteiger partial charge on any atom is -0.444 e. The van der Waals surface area contributed by atoms with E-state index >= 15 is 0 Å². The predicted octanol–water partition coefficient (Wildman–Crippen LogP) is 1.51. The Kier molecular flexibility index (Phi) is 5.04. The van der Waals surface area contributed by atoms with E-state index in [0.717, 1.165) is 29.9 Å². The fraction of sp³-hybridized carbons (Fsp3) is 0.600. The number of carbonyl (C=O) groups excluding carboxylic acids is 1. The Balaban J connectivity index is 1.49. The van der Waals surface area contributed by atoms with E-state index in [4.69, 9.17) is 15.9 Å². The normalized spacial score (nSPS) is 17.9. The van der Waals surface area contributed by atoms with E-state index in [9.17, 15) is 4.79 Å². The van der Waals surface area contributed by atoms with Crippen LogP contribution in [0.5, 0.6) is 0 Å². The number of hydrogen-bond donors (Lipinski definition) is 0. The molecule has 2 saturated heterocycles. The lowest BCUT2D eigenvalue weighted by Crippen LogP contribution is -2.52. The van der Waals surface area contributed by atoms with Crippen molar-refractivity contribution in [3.8, 4) is 12.3 Å². The SMILES string of the molecule is C#Cc1nc(N2CCOCC2)c2cnn(CC3CN(C(=O)OC(C)(C)C)C3)c2n1. The highest BCUT2D eigenvalue weighted by atomic mass is 16.6. The minimum absolute atomic E-state index is 0.273. The van der Waals surface area contributed by atoms with Gasteiger partial charge in [-0.25, -0.2) is 19.4 Å². The van der Waals surface area contributed by atoms with E-state index in [0.29, 0.717) is 44.6 Å². The second-order valence-electron chi connectivity index (χ2n) is 8.43. The lowest BCUT2D eigenvalue weighted by atomic mass is 10.0. The maximum absolute atomic E-state index is 12.1. The van der Waals surface area contributed by atoms with E-state index in [1.54, 1.807) is 11.1 Å². The first-order chi connectivity index (χ1) is 13.8. The molecule has 0 aromatic carbocycles. The van der Waals surface area contributed by atoms with Crippen LogP contribution in [0.1, 0.15) is 26.6 Å². The third-order valence-electron chi connectivity index (χ3n) is 4.96. The maximum Gasteiger partial charge on any atom is 0.410 e. The Bertz CT molecular complexity index is 946. The van der Waals surface area contributed by atoms with Crippen LogP contribution in [0.4, 0.5) is 10.6 Å². The molecule has 0 radical (unpaired) electrons. The van der Waals surface area contributed by atoms with E-state index in [-0.39, 0.29) is 6.09 Å². The molecule has 4 heterocycles. The summed E-state index contributed by atoms with van der Waals surface area (Å²) in [6.07, 6.45) is 7.12. The number of amides is 1. The second-order valence-corrected chi connectivity index (χ2v) is 8.43. The summed E-state index contributed by atoms with van der Waals surface area (Å²) in [5.41, 5.74) is 0.240. The molecule has 0 spiro atoms. The number of rotatable bonds is 3. The van der Waals surface area contributed by atoms with Gasteiger partial charge in [0, 0.05) is 38.6 Å². The fourth-order valence-corrected chi connectivity index (χ4v) is 3.56. The van der Waals surface area contributed by atoms with Crippen molar-refractivity contribution in [2.75, 3.05) is 44.3 Å². The standard InChI is InChI=1S/C20H26N6O3/c1-5-16-22-17(24-6-8-28-9-7-24)15-10-21-26(18(15)23-16)13-14-11-25(12-14)19(27)29-20(2,3)4/h1,10,14H,6-9,11-13H2,2-4H3. The first kappa shape index (κ1) is 19.5. The quantitative estimate of drug-likeness (QED) is 0.725. The molecule has 1 amide bonds. The average Bonchev–Trinajstić information content (AvgIpc) is 3.05. The van der Waals surface area contributed by atoms with E-state index < -0.39 is 5.60 Å². The predicted molar refractivity (Wildman–Crippen MR) is 108 cm³/mol. The molecule has 29 heavy (non-hydrogen) atoms. The van der Waals surface area contributed by atoms with Gasteiger partial charge in [0.1, 0.15) is 11.4 Å². The van der Waals surface area contributed by atoms with Crippen LogP contribution in [0.15, 0.2) is 6.20 Å². The summed E-state index contributed by atoms with van der Waals surface area (Å²) in [6.45, 7) is 10.4. The van der Waals surface area contributed by atoms with E-state index in [1.165, 1.54) is 0 Å². The van der Waals surface area contributed by atoms with Crippen LogP contribution in [0.2, 0.25) is 0 Å². The van der Waals surface area contributed by atoms with Crippen LogP contribution >= 0.6 is 0 Å². The third-order valence-corrected chi connectivity index (χ3v) is 4.96. The zero-order valence-corrected chi connectivity index (χ0v) is 17.1. The highest BCUT2D eigenvalue weighted by molar-refractivity contribution is 5.87. The third kappa shape index (κ3) is 4.12. The summed E-state index contributed by atoms with van der Waals surface area (Å²) >= 11 is 0. The molecule has 0 N–H and O–H groups in total. The summed E-state index contributed by atoms with van der Waals surface area (Å²) in [7, 11) is 0. The summed E-state index contributed by atoms with van der Waals surface area (Å²) in [5, 5.41) is 5.41. The molecule has 2 aromatic rings. The molecule has 2 fully saturated rings. The molecule has 0 atom stereocenters. The molecule has 4 rings (SSSR count). The Labute approximate surface area is 170 Å². The highest BCUT2D eigenvalue weighted by Crippen LogP contribution is 2.27. The molecule has 0 aliphatic carbocycles. The van der Waals surface area contributed by atoms with Gasteiger partial charge in [0.25, 0.3) is 0 Å². The van der Waals surface area contributed by atoms with Crippen LogP contribution in [-0.2, 0) is 16.0 Å². The van der Waals surface area contributed by atoms with Crippen LogP contribution in [0.25, 0.3) is 11.0 Å². The van der Waals surface area contributed by atoms with Crippen molar-refractivity contribution in [3.05, 3.63) is 12.0 Å². The van der Waals surface area contributed by atoms with Gasteiger partial charge in [0.15, 0.2) is 5.65 Å². The van der Waals surface area contributed by atoms with Gasteiger partial charge in [-0.05, 0) is 26.7 Å². The summed E-state index contributed by atoms with van der Waals surface area (Å²) < 4.78 is 12.7. The van der Waals surface area contributed by atoms with Crippen molar-refractivity contribution in [2.45, 2.75) is 32.9 Å². The van der Waals surface area contributed by atoms with Crippen LogP contribution in [-0.4, -0.2) is 75.7 Å². The fourth-order valence-electron chi connectivity index (χ4n) is 3.56. The van der Waals surface area contributed by atoms with Crippen molar-refractivity contribution in [2.24, 2.45) is 5.92 Å². The van der Waals surface area contributed by atoms with Gasteiger partial charge < -0.3 is 19.3 Å². The van der Waals surface area contributed by atoms with Gasteiger partial charge in [0.2, 0.25) is 5.82 Å². The number of morpholine rings is 1. The van der Waals surface area contributed by atoms with Gasteiger partial charge >= 0.3 is 6.09 Å². The molecule has 0 bridgehead atoms. The number of nitrogens with zero attached hydrogens (tertiary/aromatic N) is 6. The van der Waals surface area contributed by atoms with E-state index in [1.807, 2.05) is 25.5 Å². The number of fused-ring (bicyclic) bond motifs is 1. The van der Waals surface area contributed by atoms with Crippen molar-refractivity contribution in [3.63, 3.8) is 0 Å². The molecule has 0 saturated carbocycles. The smallest absolute Gasteiger partial charge is 0.410 e. The molecular weight excluding hydrogens is 372 g/mol. The molecule has 2 aliphatic heterocycles. The molecular formula is C20H26N6O3. The molecule has 154 valence electrons. The minimum atomic E-state index is -0.487. The first-order valence-corrected chi connectivity index (χ1v) is 9.85. The Morgan fingerprint density at radius 2 is 2.03 bits per heavy atom. The van der Waals surface area contributed by atoms with Crippen molar-refractivity contribution in [1.82, 2.24) is 24.6 Å². The average molecular weight is 398 g/mol. The molecule has 2 aliphatic rings. The number of carbonyl (C=O) groups is 1. The number of hydrogen-bond acceptors (Lipinski definition) is 7. The van der Waals surface area contributed by atoms with Crippen LogP contribution in [0, 0.1) is 18.3 Å². The summed E-state index contributed by atoms with van der Waals surface area (Å²) in [6, 6.07) is 0. The lowest BCUT2D eigenvalue weighted by molar-refractivity contribution is -0.00366. The zero-order valence-electron chi connectivity index (χ0n) is 17.1. The number of likely N-dealkylation sites (tertiary alicyclic amines) is 1. The summed E-state index contributed by atoms with van der Waals surface area (Å²) in [4.78, 5) is 25.1. The lowest BCUT2D eigenvalue weighted by Gasteiger charge is -2.39.